The maximum absolute atomic E-state index is 6.47. The molecule has 2 heteroatoms. The summed E-state index contributed by atoms with van der Waals surface area (Å²) in [5.74, 6) is 0. The SMILES string of the molecule is CC1(C)c2ccccc2-c2cccc(-c3ccccc3N(c3ccccc3-c3ccc4c(c3)Cc3ccccc3-4)c3ccccc3-c3cccc4oc5ccccc5c34)c21. The fourth-order valence-corrected chi connectivity index (χ4v) is 10.5. The first-order valence-electron chi connectivity index (χ1n) is 21.0. The van der Waals surface area contributed by atoms with E-state index in [1.165, 1.54) is 66.8 Å². The fourth-order valence-electron chi connectivity index (χ4n) is 10.5. The smallest absolute Gasteiger partial charge is 0.136 e. The molecule has 0 atom stereocenters. The molecule has 2 nitrogen and oxygen atoms in total. The van der Waals surface area contributed by atoms with Crippen LogP contribution >= 0.6 is 0 Å². The minimum atomic E-state index is -0.184. The molecule has 0 saturated carbocycles. The van der Waals surface area contributed by atoms with Crippen LogP contribution in [0.4, 0.5) is 17.1 Å². The van der Waals surface area contributed by atoms with Crippen LogP contribution in [0.1, 0.15) is 36.1 Å². The zero-order chi connectivity index (χ0) is 40.0. The number of furan rings is 1. The average Bonchev–Trinajstić information content (AvgIpc) is 3.94. The van der Waals surface area contributed by atoms with Gasteiger partial charge in [0.25, 0.3) is 0 Å². The van der Waals surface area contributed by atoms with Crippen molar-refractivity contribution in [2.24, 2.45) is 0 Å². The van der Waals surface area contributed by atoms with Crippen LogP contribution in [0.25, 0.3) is 77.6 Å². The molecule has 1 heterocycles. The van der Waals surface area contributed by atoms with Crippen LogP contribution in [-0.4, -0.2) is 0 Å². The van der Waals surface area contributed by atoms with Gasteiger partial charge in [-0.1, -0.05) is 184 Å². The van der Waals surface area contributed by atoms with Crippen molar-refractivity contribution in [1.29, 1.82) is 0 Å². The van der Waals surface area contributed by atoms with Gasteiger partial charge in [0.2, 0.25) is 0 Å². The Labute approximate surface area is 350 Å². The van der Waals surface area contributed by atoms with E-state index in [0.29, 0.717) is 0 Å². The van der Waals surface area contributed by atoms with E-state index >= 15 is 0 Å². The predicted molar refractivity (Wildman–Crippen MR) is 251 cm³/mol. The molecule has 284 valence electrons. The van der Waals surface area contributed by atoms with E-state index in [4.69, 9.17) is 4.42 Å². The standard InChI is InChI=1S/C58H41NO/c1-58(2)50-27-10-5-20-43(50)47-25-15-26-48(57(47)58)45-22-8-13-30-53(45)59(51-28-11-6-19-42(51)38-33-34-41-39(36-38)35-37-17-3-4-18-40(37)41)52-29-12-7-21-44(52)46-24-16-32-55-56(46)49-23-9-14-31-54(49)60-55/h3-34,36H,35H2,1-2H3. The second-order valence-corrected chi connectivity index (χ2v) is 16.8. The van der Waals surface area contributed by atoms with E-state index in [-0.39, 0.29) is 5.41 Å². The van der Waals surface area contributed by atoms with E-state index in [2.05, 4.69) is 213 Å². The topological polar surface area (TPSA) is 16.4 Å². The molecule has 0 radical (unpaired) electrons. The van der Waals surface area contributed by atoms with Crippen molar-refractivity contribution in [3.63, 3.8) is 0 Å². The summed E-state index contributed by atoms with van der Waals surface area (Å²) < 4.78 is 6.47. The summed E-state index contributed by atoms with van der Waals surface area (Å²) in [5, 5.41) is 2.24. The average molecular weight is 768 g/mol. The molecule has 60 heavy (non-hydrogen) atoms. The first-order valence-corrected chi connectivity index (χ1v) is 21.0. The van der Waals surface area contributed by atoms with Crippen molar-refractivity contribution < 1.29 is 4.42 Å². The molecule has 2 aliphatic carbocycles. The van der Waals surface area contributed by atoms with Gasteiger partial charge in [0.15, 0.2) is 0 Å². The molecule has 2 aliphatic rings. The number of hydrogen-bond acceptors (Lipinski definition) is 2. The lowest BCUT2D eigenvalue weighted by atomic mass is 9.78. The van der Waals surface area contributed by atoms with Crippen molar-refractivity contribution in [2.45, 2.75) is 25.7 Å². The summed E-state index contributed by atoms with van der Waals surface area (Å²) in [7, 11) is 0. The molecule has 0 unspecified atom stereocenters. The summed E-state index contributed by atoms with van der Waals surface area (Å²) in [5.41, 5.74) is 22.9. The van der Waals surface area contributed by atoms with E-state index in [0.717, 1.165) is 56.5 Å². The molecular formula is C58H41NO. The Hall–Kier alpha value is -7.42. The van der Waals surface area contributed by atoms with Gasteiger partial charge in [-0.3, -0.25) is 0 Å². The van der Waals surface area contributed by atoms with E-state index < -0.39 is 0 Å². The quantitative estimate of drug-likeness (QED) is 0.168. The highest BCUT2D eigenvalue weighted by Crippen LogP contribution is 2.55. The summed E-state index contributed by atoms with van der Waals surface area (Å²) in [6.07, 6.45) is 0.941. The van der Waals surface area contributed by atoms with Gasteiger partial charge in [0, 0.05) is 32.9 Å². The molecule has 0 amide bonds. The second-order valence-electron chi connectivity index (χ2n) is 16.8. The number of benzene rings is 9. The third-order valence-corrected chi connectivity index (χ3v) is 13.1. The van der Waals surface area contributed by atoms with Crippen molar-refractivity contribution in [2.75, 3.05) is 4.90 Å². The maximum Gasteiger partial charge on any atom is 0.136 e. The van der Waals surface area contributed by atoms with E-state index in [1.807, 2.05) is 6.07 Å². The third-order valence-electron chi connectivity index (χ3n) is 13.1. The van der Waals surface area contributed by atoms with Gasteiger partial charge in [-0.05, 0) is 98.0 Å². The zero-order valence-electron chi connectivity index (χ0n) is 33.6. The summed E-state index contributed by atoms with van der Waals surface area (Å²) >= 11 is 0. The Bertz CT molecular complexity index is 3350. The lowest BCUT2D eigenvalue weighted by Gasteiger charge is -2.33. The monoisotopic (exact) mass is 767 g/mol. The summed E-state index contributed by atoms with van der Waals surface area (Å²) in [4.78, 5) is 2.53. The van der Waals surface area contributed by atoms with Gasteiger partial charge in [-0.25, -0.2) is 0 Å². The van der Waals surface area contributed by atoms with Gasteiger partial charge >= 0.3 is 0 Å². The van der Waals surface area contributed by atoms with Gasteiger partial charge in [-0.15, -0.1) is 0 Å². The molecule has 1 aromatic heterocycles. The van der Waals surface area contributed by atoms with Crippen molar-refractivity contribution in [1.82, 2.24) is 0 Å². The zero-order valence-corrected chi connectivity index (χ0v) is 33.6. The minimum Gasteiger partial charge on any atom is -0.456 e. The van der Waals surface area contributed by atoms with Crippen molar-refractivity contribution in [3.05, 3.63) is 222 Å². The lowest BCUT2D eigenvalue weighted by Crippen LogP contribution is -2.17. The summed E-state index contributed by atoms with van der Waals surface area (Å²) in [6.45, 7) is 4.77. The molecule has 9 aromatic carbocycles. The highest BCUT2D eigenvalue weighted by molar-refractivity contribution is 6.14. The van der Waals surface area contributed by atoms with Crippen LogP contribution in [0.15, 0.2) is 205 Å². The van der Waals surface area contributed by atoms with Crippen molar-refractivity contribution >= 4 is 39.0 Å². The molecular weight excluding hydrogens is 727 g/mol. The van der Waals surface area contributed by atoms with Crippen LogP contribution in [0.5, 0.6) is 0 Å². The molecule has 0 aliphatic heterocycles. The minimum absolute atomic E-state index is 0.184. The molecule has 0 fully saturated rings. The normalized spacial score (nSPS) is 13.2. The Morgan fingerprint density at radius 2 is 0.917 bits per heavy atom. The molecule has 10 aromatic rings. The number of hydrogen-bond donors (Lipinski definition) is 0. The first kappa shape index (κ1) is 34.6. The van der Waals surface area contributed by atoms with Crippen molar-refractivity contribution in [3.8, 4) is 55.6 Å². The Morgan fingerprint density at radius 1 is 0.400 bits per heavy atom. The van der Waals surface area contributed by atoms with E-state index in [9.17, 15) is 0 Å². The van der Waals surface area contributed by atoms with Gasteiger partial charge in [-0.2, -0.15) is 0 Å². The van der Waals surface area contributed by atoms with Gasteiger partial charge in [0.1, 0.15) is 11.2 Å². The van der Waals surface area contributed by atoms with Crippen LogP contribution in [-0.2, 0) is 11.8 Å². The molecule has 0 spiro atoms. The Kier molecular flexibility index (Phi) is 7.68. The highest BCUT2D eigenvalue weighted by Gasteiger charge is 2.38. The Balaban J connectivity index is 1.13. The largest absolute Gasteiger partial charge is 0.456 e. The van der Waals surface area contributed by atoms with Gasteiger partial charge < -0.3 is 9.32 Å². The first-order chi connectivity index (χ1) is 29.5. The maximum atomic E-state index is 6.47. The van der Waals surface area contributed by atoms with Crippen LogP contribution in [0.2, 0.25) is 0 Å². The van der Waals surface area contributed by atoms with Crippen LogP contribution in [0.3, 0.4) is 0 Å². The van der Waals surface area contributed by atoms with Gasteiger partial charge in [0.05, 0.1) is 17.1 Å². The fraction of sp³-hybridized carbons (Fsp3) is 0.0690. The predicted octanol–water partition coefficient (Wildman–Crippen LogP) is 15.9. The molecule has 0 bridgehead atoms. The lowest BCUT2D eigenvalue weighted by molar-refractivity contribution is 0.662. The number of nitrogens with zero attached hydrogens (tertiary/aromatic N) is 1. The van der Waals surface area contributed by atoms with Crippen LogP contribution in [0, 0.1) is 0 Å². The number of rotatable bonds is 6. The van der Waals surface area contributed by atoms with E-state index in [1.54, 1.807) is 0 Å². The number of para-hydroxylation sites is 4. The number of fused-ring (bicyclic) bond motifs is 9. The molecule has 0 saturated heterocycles. The Morgan fingerprint density at radius 3 is 1.70 bits per heavy atom. The summed E-state index contributed by atoms with van der Waals surface area (Å²) in [6, 6.07) is 73.4. The number of anilines is 3. The second kappa shape index (κ2) is 13.3. The molecule has 0 N–H and O–H groups in total. The third kappa shape index (κ3) is 5.14. The molecule has 12 rings (SSSR count). The van der Waals surface area contributed by atoms with Crippen LogP contribution < -0.4 is 4.90 Å². The highest BCUT2D eigenvalue weighted by atomic mass is 16.3.